The Kier molecular flexibility index (Phi) is 9.05. The molecule has 1 aromatic heterocycles. The molecular formula is C18H25IN6O4S. The van der Waals surface area contributed by atoms with Gasteiger partial charge in [-0.25, -0.2) is 8.42 Å². The summed E-state index contributed by atoms with van der Waals surface area (Å²) in [5.74, 6) is 0.184. The normalized spacial score (nSPS) is 15.4. The van der Waals surface area contributed by atoms with Crippen molar-refractivity contribution in [3.8, 4) is 0 Å². The fourth-order valence-electron chi connectivity index (χ4n) is 2.99. The summed E-state index contributed by atoms with van der Waals surface area (Å²) in [7, 11) is -1.83. The smallest absolute Gasteiger partial charge is 0.243 e. The number of rotatable bonds is 6. The lowest BCUT2D eigenvalue weighted by atomic mass is 10.3. The van der Waals surface area contributed by atoms with Crippen LogP contribution in [0.5, 0.6) is 0 Å². The SMILES string of the molecule is CN=C(NCC(=O)Nc1ccccc1)N1CCN(S(=O)(=O)Cc2ccon2)CC1.I. The topological polar surface area (TPSA) is 120 Å². The molecule has 1 aliphatic rings. The zero-order valence-electron chi connectivity index (χ0n) is 16.5. The van der Waals surface area contributed by atoms with Crippen LogP contribution in [0.15, 0.2) is 52.2 Å². The number of halogens is 1. The number of anilines is 1. The zero-order chi connectivity index (χ0) is 20.7. The van der Waals surface area contributed by atoms with Crippen molar-refractivity contribution in [2.45, 2.75) is 5.75 Å². The third-order valence-corrected chi connectivity index (χ3v) is 6.24. The van der Waals surface area contributed by atoms with E-state index in [9.17, 15) is 13.2 Å². The number of nitrogens with one attached hydrogen (secondary N) is 2. The van der Waals surface area contributed by atoms with Crippen molar-refractivity contribution in [3.63, 3.8) is 0 Å². The van der Waals surface area contributed by atoms with Crippen LogP contribution in [-0.2, 0) is 20.6 Å². The Balaban J connectivity index is 0.00000320. The molecule has 0 unspecified atom stereocenters. The van der Waals surface area contributed by atoms with Crippen molar-refractivity contribution in [2.75, 3.05) is 45.1 Å². The van der Waals surface area contributed by atoms with Crippen LogP contribution in [0.25, 0.3) is 0 Å². The van der Waals surface area contributed by atoms with E-state index in [1.54, 1.807) is 13.1 Å². The first kappa shape index (κ1) is 24.1. The summed E-state index contributed by atoms with van der Waals surface area (Å²) in [4.78, 5) is 18.2. The van der Waals surface area contributed by atoms with Crippen molar-refractivity contribution < 1.29 is 17.7 Å². The second-order valence-electron chi connectivity index (χ2n) is 6.45. The number of aliphatic imine (C=N–C) groups is 1. The van der Waals surface area contributed by atoms with E-state index in [2.05, 4.69) is 20.8 Å². The van der Waals surface area contributed by atoms with Crippen LogP contribution in [0.3, 0.4) is 0 Å². The minimum atomic E-state index is -3.46. The number of hydrogen-bond acceptors (Lipinski definition) is 6. The van der Waals surface area contributed by atoms with Gasteiger partial charge in [0.05, 0.1) is 12.2 Å². The molecular weight excluding hydrogens is 523 g/mol. The van der Waals surface area contributed by atoms with Gasteiger partial charge in [0.15, 0.2) is 5.96 Å². The molecule has 1 fully saturated rings. The molecule has 1 aliphatic heterocycles. The number of para-hydroxylation sites is 1. The molecule has 1 saturated heterocycles. The number of aromatic nitrogens is 1. The fourth-order valence-corrected chi connectivity index (χ4v) is 4.41. The average molecular weight is 548 g/mol. The summed E-state index contributed by atoms with van der Waals surface area (Å²) >= 11 is 0. The van der Waals surface area contributed by atoms with Crippen molar-refractivity contribution >= 4 is 51.6 Å². The van der Waals surface area contributed by atoms with Crippen molar-refractivity contribution in [3.05, 3.63) is 48.4 Å². The minimum absolute atomic E-state index is 0. The number of piperazine rings is 1. The predicted octanol–water partition coefficient (Wildman–Crippen LogP) is 0.954. The molecule has 0 aliphatic carbocycles. The Labute approximate surface area is 192 Å². The Morgan fingerprint density at radius 1 is 1.17 bits per heavy atom. The number of hydrogen-bond donors (Lipinski definition) is 2. The lowest BCUT2D eigenvalue weighted by Crippen LogP contribution is -2.54. The van der Waals surface area contributed by atoms with Gasteiger partial charge < -0.3 is 20.1 Å². The highest BCUT2D eigenvalue weighted by atomic mass is 127. The third-order valence-electron chi connectivity index (χ3n) is 4.43. The number of sulfonamides is 1. The highest BCUT2D eigenvalue weighted by Crippen LogP contribution is 2.13. The van der Waals surface area contributed by atoms with Crippen LogP contribution >= 0.6 is 24.0 Å². The first-order chi connectivity index (χ1) is 14.0. The number of nitrogens with zero attached hydrogens (tertiary/aromatic N) is 4. The maximum absolute atomic E-state index is 12.5. The van der Waals surface area contributed by atoms with Crippen molar-refractivity contribution in [1.29, 1.82) is 0 Å². The summed E-state index contributed by atoms with van der Waals surface area (Å²) in [5, 5.41) is 9.48. The number of carbonyl (C=O) groups excluding carboxylic acids is 1. The number of benzene rings is 1. The van der Waals surface area contributed by atoms with E-state index < -0.39 is 10.0 Å². The highest BCUT2D eigenvalue weighted by Gasteiger charge is 2.29. The number of guanidine groups is 1. The molecule has 0 radical (unpaired) electrons. The Bertz CT molecular complexity index is 929. The summed E-state index contributed by atoms with van der Waals surface area (Å²) < 4.78 is 31.2. The quantitative estimate of drug-likeness (QED) is 0.314. The van der Waals surface area contributed by atoms with E-state index in [0.717, 1.165) is 5.69 Å². The fraction of sp³-hybridized carbons (Fsp3) is 0.389. The van der Waals surface area contributed by atoms with E-state index in [0.29, 0.717) is 37.8 Å². The van der Waals surface area contributed by atoms with E-state index in [1.807, 2.05) is 35.2 Å². The first-order valence-corrected chi connectivity index (χ1v) is 10.8. The third kappa shape index (κ3) is 6.67. The largest absolute Gasteiger partial charge is 0.364 e. The Morgan fingerprint density at radius 2 is 1.87 bits per heavy atom. The second kappa shape index (κ2) is 11.3. The van der Waals surface area contributed by atoms with Gasteiger partial charge in [0, 0.05) is 45.0 Å². The first-order valence-electron chi connectivity index (χ1n) is 9.15. The molecule has 3 rings (SSSR count). The van der Waals surface area contributed by atoms with Gasteiger partial charge in [-0.3, -0.25) is 9.79 Å². The van der Waals surface area contributed by atoms with Crippen LogP contribution in [0, 0.1) is 0 Å². The maximum Gasteiger partial charge on any atom is 0.243 e. The molecule has 2 heterocycles. The predicted molar refractivity (Wildman–Crippen MR) is 124 cm³/mol. The standard InChI is InChI=1S/C18H24N6O4S.HI/c1-19-18(20-13-17(25)21-15-5-3-2-4-6-15)23-8-10-24(11-9-23)29(26,27)14-16-7-12-28-22-16;/h2-7,12H,8-11,13-14H2,1H3,(H,19,20)(H,21,25);1H. The molecule has 10 nitrogen and oxygen atoms in total. The summed E-state index contributed by atoms with van der Waals surface area (Å²) in [6.45, 7) is 1.66. The Hall–Kier alpha value is -2.19. The van der Waals surface area contributed by atoms with E-state index in [4.69, 9.17) is 4.52 Å². The van der Waals surface area contributed by atoms with Crippen LogP contribution in [-0.4, -0.2) is 74.4 Å². The summed E-state index contributed by atoms with van der Waals surface area (Å²) in [6.07, 6.45) is 1.35. The molecule has 30 heavy (non-hydrogen) atoms. The van der Waals surface area contributed by atoms with E-state index in [1.165, 1.54) is 10.6 Å². The molecule has 0 atom stereocenters. The number of carbonyl (C=O) groups is 1. The van der Waals surface area contributed by atoms with Gasteiger partial charge in [-0.2, -0.15) is 4.31 Å². The van der Waals surface area contributed by atoms with Gasteiger partial charge >= 0.3 is 0 Å². The maximum atomic E-state index is 12.5. The molecule has 0 bridgehead atoms. The van der Waals surface area contributed by atoms with Crippen LogP contribution < -0.4 is 10.6 Å². The van der Waals surface area contributed by atoms with Crippen molar-refractivity contribution in [1.82, 2.24) is 19.7 Å². The molecule has 0 spiro atoms. The van der Waals surface area contributed by atoms with Gasteiger partial charge in [0.1, 0.15) is 12.0 Å². The van der Waals surface area contributed by atoms with E-state index >= 15 is 0 Å². The molecule has 1 amide bonds. The zero-order valence-corrected chi connectivity index (χ0v) is 19.7. The van der Waals surface area contributed by atoms with Gasteiger partial charge in [0.2, 0.25) is 15.9 Å². The lowest BCUT2D eigenvalue weighted by molar-refractivity contribution is -0.115. The molecule has 2 N–H and O–H groups in total. The lowest BCUT2D eigenvalue weighted by Gasteiger charge is -2.35. The molecule has 12 heteroatoms. The van der Waals surface area contributed by atoms with Crippen LogP contribution in [0.1, 0.15) is 5.69 Å². The Morgan fingerprint density at radius 3 is 2.47 bits per heavy atom. The van der Waals surface area contributed by atoms with E-state index in [-0.39, 0.29) is 42.2 Å². The minimum Gasteiger partial charge on any atom is -0.364 e. The molecule has 0 saturated carbocycles. The van der Waals surface area contributed by atoms with Crippen LogP contribution in [0.4, 0.5) is 5.69 Å². The monoisotopic (exact) mass is 548 g/mol. The van der Waals surface area contributed by atoms with Crippen LogP contribution in [0.2, 0.25) is 0 Å². The molecule has 2 aromatic rings. The average Bonchev–Trinajstić information content (AvgIpc) is 3.22. The molecule has 164 valence electrons. The van der Waals surface area contributed by atoms with Gasteiger partial charge in [-0.1, -0.05) is 23.4 Å². The highest BCUT2D eigenvalue weighted by molar-refractivity contribution is 14.0. The number of amides is 1. The van der Waals surface area contributed by atoms with Crippen molar-refractivity contribution in [2.24, 2.45) is 4.99 Å². The summed E-state index contributed by atoms with van der Waals surface area (Å²) in [5.41, 5.74) is 1.11. The second-order valence-corrected chi connectivity index (χ2v) is 8.42. The van der Waals surface area contributed by atoms with Gasteiger partial charge in [-0.15, -0.1) is 24.0 Å². The summed E-state index contributed by atoms with van der Waals surface area (Å²) in [6, 6.07) is 10.7. The van der Waals surface area contributed by atoms with Gasteiger partial charge in [0.25, 0.3) is 0 Å². The molecule has 1 aromatic carbocycles. The van der Waals surface area contributed by atoms with Gasteiger partial charge in [-0.05, 0) is 12.1 Å².